The molecule has 2 N–H and O–H groups in total. The molecule has 1 amide bonds. The Morgan fingerprint density at radius 3 is 3.00 bits per heavy atom. The van der Waals surface area contributed by atoms with Gasteiger partial charge in [-0.05, 0) is 25.0 Å². The summed E-state index contributed by atoms with van der Waals surface area (Å²) in [6.45, 7) is 5.23. The number of imidazole rings is 1. The van der Waals surface area contributed by atoms with Gasteiger partial charge in [-0.15, -0.1) is 0 Å². The zero-order valence-electron chi connectivity index (χ0n) is 13.9. The number of carbonyl (C=O) groups is 1. The Morgan fingerprint density at radius 2 is 2.12 bits per heavy atom. The Bertz CT molecular complexity index is 855. The number of aryl methyl sites for hydroxylation is 2. The van der Waals surface area contributed by atoms with Crippen molar-refractivity contribution in [2.45, 2.75) is 26.8 Å². The predicted molar refractivity (Wildman–Crippen MR) is 93.9 cm³/mol. The highest BCUT2D eigenvalue weighted by Crippen LogP contribution is 2.11. The second kappa shape index (κ2) is 7.12. The smallest absolute Gasteiger partial charge is 0.222 e. The lowest BCUT2D eigenvalue weighted by Gasteiger charge is -2.10. The first kappa shape index (κ1) is 16.0. The van der Waals surface area contributed by atoms with E-state index in [-0.39, 0.29) is 5.91 Å². The first-order chi connectivity index (χ1) is 11.6. The molecule has 2 heterocycles. The van der Waals surface area contributed by atoms with Crippen LogP contribution in [-0.4, -0.2) is 26.8 Å². The number of hydrogen-bond donors (Lipinski definition) is 2. The quantitative estimate of drug-likeness (QED) is 0.731. The van der Waals surface area contributed by atoms with E-state index in [1.54, 1.807) is 18.6 Å². The fourth-order valence-corrected chi connectivity index (χ4v) is 2.55. The van der Waals surface area contributed by atoms with Crippen molar-refractivity contribution in [1.29, 1.82) is 0 Å². The van der Waals surface area contributed by atoms with E-state index in [4.69, 9.17) is 0 Å². The highest BCUT2D eigenvalue weighted by molar-refractivity contribution is 5.76. The number of hydrogen-bond acceptors (Lipinski definition) is 4. The number of amides is 1. The summed E-state index contributed by atoms with van der Waals surface area (Å²) >= 11 is 0. The number of rotatable bonds is 6. The van der Waals surface area contributed by atoms with E-state index in [1.165, 1.54) is 11.1 Å². The largest absolute Gasteiger partial charge is 0.369 e. The van der Waals surface area contributed by atoms with Crippen molar-refractivity contribution in [2.75, 3.05) is 11.9 Å². The molecule has 0 aliphatic heterocycles. The fourth-order valence-electron chi connectivity index (χ4n) is 2.55. The van der Waals surface area contributed by atoms with Crippen LogP contribution in [0.3, 0.4) is 0 Å². The van der Waals surface area contributed by atoms with Crippen LogP contribution < -0.4 is 10.6 Å². The van der Waals surface area contributed by atoms with Gasteiger partial charge in [0.25, 0.3) is 0 Å². The lowest BCUT2D eigenvalue weighted by atomic mass is 10.1. The van der Waals surface area contributed by atoms with E-state index in [9.17, 15) is 4.79 Å². The molecule has 0 saturated heterocycles. The minimum absolute atomic E-state index is 0.0268. The molecule has 1 aromatic carbocycles. The molecule has 24 heavy (non-hydrogen) atoms. The molecule has 0 bridgehead atoms. The molecule has 0 aliphatic rings. The van der Waals surface area contributed by atoms with Crippen molar-refractivity contribution in [2.24, 2.45) is 0 Å². The van der Waals surface area contributed by atoms with Crippen LogP contribution in [0, 0.1) is 13.8 Å². The van der Waals surface area contributed by atoms with Crippen LogP contribution in [0.15, 0.2) is 43.0 Å². The van der Waals surface area contributed by atoms with E-state index >= 15 is 0 Å². The summed E-state index contributed by atoms with van der Waals surface area (Å²) in [7, 11) is 0. The molecular weight excluding hydrogens is 302 g/mol. The second-order valence-corrected chi connectivity index (χ2v) is 5.83. The Kier molecular flexibility index (Phi) is 4.74. The zero-order chi connectivity index (χ0) is 16.9. The molecule has 6 nitrogen and oxygen atoms in total. The van der Waals surface area contributed by atoms with Crippen LogP contribution in [0.2, 0.25) is 0 Å². The number of anilines is 1. The number of aromatic nitrogens is 3. The molecule has 6 heteroatoms. The summed E-state index contributed by atoms with van der Waals surface area (Å²) in [5.74, 6) is 0.883. The second-order valence-electron chi connectivity index (χ2n) is 5.83. The van der Waals surface area contributed by atoms with Crippen molar-refractivity contribution in [1.82, 2.24) is 19.7 Å². The van der Waals surface area contributed by atoms with Crippen molar-refractivity contribution < 1.29 is 4.79 Å². The Hall–Kier alpha value is -2.89. The number of fused-ring (bicyclic) bond motifs is 1. The normalized spacial score (nSPS) is 10.8. The molecule has 2 aromatic heterocycles. The van der Waals surface area contributed by atoms with Gasteiger partial charge in [-0.25, -0.2) is 4.98 Å². The SMILES string of the molecule is Cc1ccc(C)c(CNC(=O)CCNc2cnc3cnccn23)c1. The molecule has 0 unspecified atom stereocenters. The van der Waals surface area contributed by atoms with Gasteiger partial charge in [0.2, 0.25) is 5.91 Å². The topological polar surface area (TPSA) is 71.3 Å². The van der Waals surface area contributed by atoms with Gasteiger partial charge in [-0.2, -0.15) is 0 Å². The maximum Gasteiger partial charge on any atom is 0.222 e. The molecule has 0 saturated carbocycles. The zero-order valence-corrected chi connectivity index (χ0v) is 13.9. The van der Waals surface area contributed by atoms with Crippen LogP contribution in [0.5, 0.6) is 0 Å². The summed E-state index contributed by atoms with van der Waals surface area (Å²) in [6.07, 6.45) is 7.39. The number of nitrogens with zero attached hydrogens (tertiary/aromatic N) is 3. The van der Waals surface area contributed by atoms with E-state index < -0.39 is 0 Å². The molecular formula is C18H21N5O. The van der Waals surface area contributed by atoms with Gasteiger partial charge in [0, 0.05) is 31.9 Å². The van der Waals surface area contributed by atoms with Crippen LogP contribution in [0.1, 0.15) is 23.1 Å². The molecule has 0 aliphatic carbocycles. The lowest BCUT2D eigenvalue weighted by molar-refractivity contribution is -0.121. The van der Waals surface area contributed by atoms with E-state index in [0.29, 0.717) is 19.5 Å². The summed E-state index contributed by atoms with van der Waals surface area (Å²) in [4.78, 5) is 20.3. The van der Waals surface area contributed by atoms with Crippen molar-refractivity contribution in [3.63, 3.8) is 0 Å². The standard InChI is InChI=1S/C18H21N5O/c1-13-3-4-14(2)15(9-13)10-22-18(24)5-6-20-17-12-21-16-11-19-7-8-23(16)17/h3-4,7-9,11-12,20H,5-6,10H2,1-2H3,(H,22,24). The third kappa shape index (κ3) is 3.71. The third-order valence-corrected chi connectivity index (χ3v) is 3.96. The van der Waals surface area contributed by atoms with Gasteiger partial charge in [-0.3, -0.25) is 14.2 Å². The minimum Gasteiger partial charge on any atom is -0.369 e. The first-order valence-corrected chi connectivity index (χ1v) is 7.97. The summed E-state index contributed by atoms with van der Waals surface area (Å²) in [6, 6.07) is 6.27. The minimum atomic E-state index is 0.0268. The van der Waals surface area contributed by atoms with Gasteiger partial charge in [-0.1, -0.05) is 23.8 Å². The molecule has 0 spiro atoms. The summed E-state index contributed by atoms with van der Waals surface area (Å²) in [5.41, 5.74) is 4.33. The average molecular weight is 323 g/mol. The van der Waals surface area contributed by atoms with Crippen molar-refractivity contribution >= 4 is 17.4 Å². The van der Waals surface area contributed by atoms with Crippen LogP contribution in [0.25, 0.3) is 5.65 Å². The van der Waals surface area contributed by atoms with Gasteiger partial charge in [0.15, 0.2) is 5.65 Å². The predicted octanol–water partition coefficient (Wildman–Crippen LogP) is 2.46. The Morgan fingerprint density at radius 1 is 1.25 bits per heavy atom. The van der Waals surface area contributed by atoms with E-state index in [1.807, 2.05) is 10.6 Å². The van der Waals surface area contributed by atoms with Crippen LogP contribution in [-0.2, 0) is 11.3 Å². The maximum absolute atomic E-state index is 12.0. The maximum atomic E-state index is 12.0. The van der Waals surface area contributed by atoms with E-state index in [2.05, 4.69) is 52.6 Å². The molecule has 3 rings (SSSR count). The molecule has 0 radical (unpaired) electrons. The van der Waals surface area contributed by atoms with Crippen LogP contribution >= 0.6 is 0 Å². The van der Waals surface area contributed by atoms with E-state index in [0.717, 1.165) is 17.0 Å². The van der Waals surface area contributed by atoms with Crippen molar-refractivity contribution in [3.8, 4) is 0 Å². The highest BCUT2D eigenvalue weighted by Gasteiger charge is 2.05. The lowest BCUT2D eigenvalue weighted by Crippen LogP contribution is -2.25. The first-order valence-electron chi connectivity index (χ1n) is 7.97. The van der Waals surface area contributed by atoms with Gasteiger partial charge < -0.3 is 10.6 Å². The molecule has 124 valence electrons. The average Bonchev–Trinajstić information content (AvgIpc) is 2.99. The van der Waals surface area contributed by atoms with Gasteiger partial charge in [0.05, 0.1) is 12.4 Å². The highest BCUT2D eigenvalue weighted by atomic mass is 16.1. The summed E-state index contributed by atoms with van der Waals surface area (Å²) in [5, 5.41) is 6.20. The van der Waals surface area contributed by atoms with Gasteiger partial charge in [0.1, 0.15) is 5.82 Å². The molecule has 3 aromatic rings. The van der Waals surface area contributed by atoms with Crippen LogP contribution in [0.4, 0.5) is 5.82 Å². The molecule has 0 atom stereocenters. The number of benzene rings is 1. The Labute approximate surface area is 140 Å². The molecule has 0 fully saturated rings. The summed E-state index contributed by atoms with van der Waals surface area (Å²) < 4.78 is 1.90. The number of carbonyl (C=O) groups excluding carboxylic acids is 1. The van der Waals surface area contributed by atoms with Crippen molar-refractivity contribution in [3.05, 3.63) is 59.7 Å². The monoisotopic (exact) mass is 323 g/mol. The van der Waals surface area contributed by atoms with Gasteiger partial charge >= 0.3 is 0 Å². The Balaban J connectivity index is 1.48. The third-order valence-electron chi connectivity index (χ3n) is 3.96. The fraction of sp³-hybridized carbons (Fsp3) is 0.278. The number of nitrogens with one attached hydrogen (secondary N) is 2.